The Hall–Kier alpha value is -2.50. The van der Waals surface area contributed by atoms with Gasteiger partial charge in [0.1, 0.15) is 5.82 Å². The van der Waals surface area contributed by atoms with Crippen LogP contribution in [-0.2, 0) is 6.42 Å². The number of nitrogens with one attached hydrogen (secondary N) is 1. The molecule has 0 saturated heterocycles. The standard InChI is InChI=1S/C14H16N2O4/c1-3-4-9-13(18)15-12(16-14(9)19)8-5-6-10(17)11(7-8)20-2/h5-7,17H,3-4H2,1-2H3,(H2,15,16,18,19). The molecule has 0 saturated carbocycles. The van der Waals surface area contributed by atoms with E-state index in [0.29, 0.717) is 12.0 Å². The predicted octanol–water partition coefficient (Wildman–Crippen LogP) is 1.81. The van der Waals surface area contributed by atoms with Crippen molar-refractivity contribution < 1.29 is 14.9 Å². The molecule has 3 N–H and O–H groups in total. The number of rotatable bonds is 4. The minimum absolute atomic E-state index is 0.00887. The number of phenols is 1. The van der Waals surface area contributed by atoms with Crippen LogP contribution in [0.1, 0.15) is 18.9 Å². The highest BCUT2D eigenvalue weighted by Gasteiger charge is 2.12. The van der Waals surface area contributed by atoms with Gasteiger partial charge in [0.15, 0.2) is 11.5 Å². The van der Waals surface area contributed by atoms with E-state index in [1.54, 1.807) is 6.07 Å². The summed E-state index contributed by atoms with van der Waals surface area (Å²) < 4.78 is 5.00. The molecule has 20 heavy (non-hydrogen) atoms. The summed E-state index contributed by atoms with van der Waals surface area (Å²) in [6, 6.07) is 4.55. The zero-order valence-electron chi connectivity index (χ0n) is 11.3. The van der Waals surface area contributed by atoms with E-state index >= 15 is 0 Å². The molecule has 2 rings (SSSR count). The molecule has 6 heteroatoms. The Morgan fingerprint density at radius 3 is 2.70 bits per heavy atom. The van der Waals surface area contributed by atoms with Crippen molar-refractivity contribution in [3.05, 3.63) is 34.1 Å². The second kappa shape index (κ2) is 5.64. The van der Waals surface area contributed by atoms with Crippen LogP contribution in [0.25, 0.3) is 11.4 Å². The Morgan fingerprint density at radius 1 is 1.35 bits per heavy atom. The average molecular weight is 276 g/mol. The lowest BCUT2D eigenvalue weighted by molar-refractivity contribution is 0.373. The van der Waals surface area contributed by atoms with Gasteiger partial charge in [0.05, 0.1) is 12.7 Å². The predicted molar refractivity (Wildman–Crippen MR) is 74.2 cm³/mol. The number of phenolic OH excluding ortho intramolecular Hbond substituents is 1. The van der Waals surface area contributed by atoms with Crippen LogP contribution in [0, 0.1) is 0 Å². The number of aromatic nitrogens is 2. The van der Waals surface area contributed by atoms with Crippen molar-refractivity contribution in [2.45, 2.75) is 19.8 Å². The van der Waals surface area contributed by atoms with Crippen LogP contribution >= 0.6 is 0 Å². The van der Waals surface area contributed by atoms with Crippen LogP contribution in [0.5, 0.6) is 17.4 Å². The topological polar surface area (TPSA) is 95.4 Å². The number of ether oxygens (including phenoxy) is 1. The molecule has 0 spiro atoms. The molecule has 0 aliphatic heterocycles. The van der Waals surface area contributed by atoms with Crippen LogP contribution in [-0.4, -0.2) is 27.3 Å². The fraction of sp³-hybridized carbons (Fsp3) is 0.286. The molecule has 0 amide bonds. The zero-order chi connectivity index (χ0) is 14.7. The van der Waals surface area contributed by atoms with E-state index in [1.165, 1.54) is 19.2 Å². The summed E-state index contributed by atoms with van der Waals surface area (Å²) >= 11 is 0. The molecule has 0 aliphatic rings. The van der Waals surface area contributed by atoms with Crippen molar-refractivity contribution in [2.24, 2.45) is 0 Å². The number of methoxy groups -OCH3 is 1. The fourth-order valence-corrected chi connectivity index (χ4v) is 1.92. The van der Waals surface area contributed by atoms with Crippen molar-refractivity contribution in [3.63, 3.8) is 0 Å². The third-order valence-electron chi connectivity index (χ3n) is 2.95. The van der Waals surface area contributed by atoms with Crippen LogP contribution in [0.3, 0.4) is 0 Å². The molecule has 2 aromatic rings. The third-order valence-corrected chi connectivity index (χ3v) is 2.95. The summed E-state index contributed by atoms with van der Waals surface area (Å²) in [5, 5.41) is 19.4. The molecule has 106 valence electrons. The Balaban J connectivity index is 2.51. The summed E-state index contributed by atoms with van der Waals surface area (Å²) in [7, 11) is 1.43. The highest BCUT2D eigenvalue weighted by atomic mass is 16.5. The van der Waals surface area contributed by atoms with Crippen LogP contribution in [0.4, 0.5) is 0 Å². The maximum absolute atomic E-state index is 11.9. The van der Waals surface area contributed by atoms with E-state index in [9.17, 15) is 15.0 Å². The molecule has 0 unspecified atom stereocenters. The van der Waals surface area contributed by atoms with Crippen LogP contribution < -0.4 is 10.3 Å². The first-order chi connectivity index (χ1) is 9.56. The highest BCUT2D eigenvalue weighted by Crippen LogP contribution is 2.30. The molecule has 6 nitrogen and oxygen atoms in total. The summed E-state index contributed by atoms with van der Waals surface area (Å²) in [5.41, 5.74) is 0.457. The van der Waals surface area contributed by atoms with Gasteiger partial charge in [-0.3, -0.25) is 4.79 Å². The van der Waals surface area contributed by atoms with Crippen LogP contribution in [0.2, 0.25) is 0 Å². The van der Waals surface area contributed by atoms with Crippen molar-refractivity contribution in [3.8, 4) is 28.8 Å². The van der Waals surface area contributed by atoms with E-state index in [-0.39, 0.29) is 34.3 Å². The van der Waals surface area contributed by atoms with Gasteiger partial charge >= 0.3 is 0 Å². The van der Waals surface area contributed by atoms with Gasteiger partial charge in [-0.25, -0.2) is 0 Å². The lowest BCUT2D eigenvalue weighted by Gasteiger charge is -2.08. The van der Waals surface area contributed by atoms with E-state index in [1.807, 2.05) is 6.92 Å². The van der Waals surface area contributed by atoms with E-state index in [2.05, 4.69) is 9.97 Å². The van der Waals surface area contributed by atoms with E-state index in [0.717, 1.165) is 6.42 Å². The van der Waals surface area contributed by atoms with E-state index in [4.69, 9.17) is 4.74 Å². The third kappa shape index (κ3) is 2.59. The maximum atomic E-state index is 11.9. The Morgan fingerprint density at radius 2 is 2.10 bits per heavy atom. The second-order valence-corrected chi connectivity index (χ2v) is 4.35. The Kier molecular flexibility index (Phi) is 3.93. The molecule has 0 atom stereocenters. The number of nitrogens with zero attached hydrogens (tertiary/aromatic N) is 1. The number of hydrogen-bond acceptors (Lipinski definition) is 5. The summed E-state index contributed by atoms with van der Waals surface area (Å²) in [6.45, 7) is 1.91. The summed E-state index contributed by atoms with van der Waals surface area (Å²) in [5.74, 6) is 0.219. The molecule has 0 aliphatic carbocycles. The Bertz CT molecular complexity index is 679. The molecule has 0 radical (unpaired) electrons. The van der Waals surface area contributed by atoms with Crippen molar-refractivity contribution in [2.75, 3.05) is 7.11 Å². The number of H-pyrrole nitrogens is 1. The minimum Gasteiger partial charge on any atom is -0.504 e. The SMILES string of the molecule is CCCc1c(O)nc(-c2ccc(O)c(OC)c2)[nH]c1=O. The molecule has 0 bridgehead atoms. The number of benzene rings is 1. The molecule has 1 aromatic carbocycles. The van der Waals surface area contributed by atoms with Crippen molar-refractivity contribution in [1.29, 1.82) is 0 Å². The minimum atomic E-state index is -0.360. The monoisotopic (exact) mass is 276 g/mol. The van der Waals surface area contributed by atoms with Gasteiger partial charge in [0, 0.05) is 5.56 Å². The average Bonchev–Trinajstić information content (AvgIpc) is 2.43. The molecule has 0 fully saturated rings. The number of hydrogen-bond donors (Lipinski definition) is 3. The van der Waals surface area contributed by atoms with E-state index < -0.39 is 0 Å². The van der Waals surface area contributed by atoms with Crippen molar-refractivity contribution >= 4 is 0 Å². The molecule has 1 aromatic heterocycles. The highest BCUT2D eigenvalue weighted by molar-refractivity contribution is 5.61. The van der Waals surface area contributed by atoms with Gasteiger partial charge < -0.3 is 19.9 Å². The van der Waals surface area contributed by atoms with Gasteiger partial charge in [-0.2, -0.15) is 4.98 Å². The summed E-state index contributed by atoms with van der Waals surface area (Å²) in [4.78, 5) is 18.5. The fourth-order valence-electron chi connectivity index (χ4n) is 1.92. The quantitative estimate of drug-likeness (QED) is 0.791. The smallest absolute Gasteiger partial charge is 0.258 e. The lowest BCUT2D eigenvalue weighted by Crippen LogP contribution is -2.15. The summed E-state index contributed by atoms with van der Waals surface area (Å²) in [6.07, 6.45) is 1.21. The zero-order valence-corrected chi connectivity index (χ0v) is 11.3. The van der Waals surface area contributed by atoms with Gasteiger partial charge in [-0.05, 0) is 24.6 Å². The number of aromatic amines is 1. The first kappa shape index (κ1) is 13.9. The largest absolute Gasteiger partial charge is 0.504 e. The molecular weight excluding hydrogens is 260 g/mol. The van der Waals surface area contributed by atoms with Gasteiger partial charge in [-0.15, -0.1) is 0 Å². The van der Waals surface area contributed by atoms with Gasteiger partial charge in [0.25, 0.3) is 5.56 Å². The van der Waals surface area contributed by atoms with Gasteiger partial charge in [0.2, 0.25) is 5.88 Å². The normalized spacial score (nSPS) is 10.5. The van der Waals surface area contributed by atoms with Crippen LogP contribution in [0.15, 0.2) is 23.0 Å². The lowest BCUT2D eigenvalue weighted by atomic mass is 10.1. The second-order valence-electron chi connectivity index (χ2n) is 4.35. The Labute approximate surface area is 115 Å². The molecule has 1 heterocycles. The first-order valence-electron chi connectivity index (χ1n) is 6.26. The first-order valence-corrected chi connectivity index (χ1v) is 6.26. The number of aromatic hydroxyl groups is 2. The van der Waals surface area contributed by atoms with Gasteiger partial charge in [-0.1, -0.05) is 13.3 Å². The maximum Gasteiger partial charge on any atom is 0.258 e. The van der Waals surface area contributed by atoms with Crippen molar-refractivity contribution in [1.82, 2.24) is 9.97 Å². The molecular formula is C14H16N2O4.